The fourth-order valence-electron chi connectivity index (χ4n) is 5.28. The van der Waals surface area contributed by atoms with Crippen molar-refractivity contribution in [3.63, 3.8) is 0 Å². The molecule has 0 aliphatic carbocycles. The highest BCUT2D eigenvalue weighted by atomic mass is 16.5. The van der Waals surface area contributed by atoms with Gasteiger partial charge in [-0.15, -0.1) is 0 Å². The van der Waals surface area contributed by atoms with Crippen molar-refractivity contribution in [3.8, 4) is 0 Å². The van der Waals surface area contributed by atoms with Crippen LogP contribution < -0.4 is 10.6 Å². The molecule has 248 valence electrons. The number of likely N-dealkylation sites (N-methyl/N-ethyl adjacent to an activating group) is 1. The summed E-state index contributed by atoms with van der Waals surface area (Å²) in [5.74, 6) is -1.23. The number of nitrogens with zero attached hydrogens (tertiary/aromatic N) is 2. The molecule has 0 saturated carbocycles. The highest BCUT2D eigenvalue weighted by Crippen LogP contribution is 2.21. The highest BCUT2D eigenvalue weighted by Gasteiger charge is 2.37. The molecule has 2 N–H and O–H groups in total. The average molecular weight is 643 g/mol. The van der Waals surface area contributed by atoms with E-state index in [4.69, 9.17) is 9.47 Å². The number of unbranched alkanes of at least 4 members (excludes halogenated alkanes) is 1. The van der Waals surface area contributed by atoms with E-state index in [0.717, 1.165) is 11.1 Å². The van der Waals surface area contributed by atoms with Gasteiger partial charge in [0, 0.05) is 25.7 Å². The van der Waals surface area contributed by atoms with Crippen molar-refractivity contribution in [1.82, 2.24) is 20.4 Å². The number of ether oxygens (including phenoxy) is 2. The molecule has 4 amide bonds. The van der Waals surface area contributed by atoms with Gasteiger partial charge in [-0.1, -0.05) is 78.9 Å². The summed E-state index contributed by atoms with van der Waals surface area (Å²) in [6.45, 7) is 0.715. The second-order valence-corrected chi connectivity index (χ2v) is 11.4. The van der Waals surface area contributed by atoms with Crippen LogP contribution in [0.1, 0.15) is 53.6 Å². The van der Waals surface area contributed by atoms with E-state index >= 15 is 0 Å². The highest BCUT2D eigenvalue weighted by molar-refractivity contribution is 5.99. The van der Waals surface area contributed by atoms with Gasteiger partial charge in [0.1, 0.15) is 19.3 Å². The normalized spacial score (nSPS) is 14.5. The van der Waals surface area contributed by atoms with Crippen LogP contribution in [0, 0.1) is 0 Å². The Morgan fingerprint density at radius 2 is 1.43 bits per heavy atom. The van der Waals surface area contributed by atoms with Crippen LogP contribution >= 0.6 is 0 Å². The SMILES string of the molecule is CN(CC(=O)C(CCCCNC(=O)OCc1ccccc1)NC(=O)c1ccccc1)C(=O)N1CCC[C@H]1C(=O)OCc1ccccc1. The number of nitrogens with one attached hydrogen (secondary N) is 2. The van der Waals surface area contributed by atoms with E-state index in [9.17, 15) is 24.0 Å². The maximum absolute atomic E-state index is 13.5. The Hall–Kier alpha value is -5.19. The Labute approximate surface area is 275 Å². The number of esters is 1. The van der Waals surface area contributed by atoms with Crippen molar-refractivity contribution in [3.05, 3.63) is 108 Å². The number of alkyl carbamates (subject to hydrolysis) is 1. The van der Waals surface area contributed by atoms with E-state index in [1.165, 1.54) is 16.8 Å². The average Bonchev–Trinajstić information content (AvgIpc) is 3.60. The van der Waals surface area contributed by atoms with Crippen molar-refractivity contribution in [2.75, 3.05) is 26.7 Å². The summed E-state index contributed by atoms with van der Waals surface area (Å²) >= 11 is 0. The monoisotopic (exact) mass is 642 g/mol. The molecule has 0 spiro atoms. The minimum atomic E-state index is -0.867. The molecule has 1 saturated heterocycles. The van der Waals surface area contributed by atoms with Crippen LogP contribution in [0.5, 0.6) is 0 Å². The maximum atomic E-state index is 13.5. The lowest BCUT2D eigenvalue weighted by molar-refractivity contribution is -0.149. The number of carbonyl (C=O) groups excluding carboxylic acids is 5. The predicted molar refractivity (Wildman–Crippen MR) is 175 cm³/mol. The van der Waals surface area contributed by atoms with E-state index in [2.05, 4.69) is 10.6 Å². The number of carbonyl (C=O) groups is 5. The molecular formula is C36H42N4O7. The van der Waals surface area contributed by atoms with Crippen molar-refractivity contribution < 1.29 is 33.4 Å². The lowest BCUT2D eigenvalue weighted by atomic mass is 10.0. The number of rotatable bonds is 15. The van der Waals surface area contributed by atoms with E-state index in [0.29, 0.717) is 50.8 Å². The zero-order valence-electron chi connectivity index (χ0n) is 26.6. The van der Waals surface area contributed by atoms with Crippen molar-refractivity contribution in [2.45, 2.75) is 57.4 Å². The quantitative estimate of drug-likeness (QED) is 0.181. The van der Waals surface area contributed by atoms with E-state index in [1.54, 1.807) is 30.3 Å². The molecule has 0 bridgehead atoms. The zero-order valence-corrected chi connectivity index (χ0v) is 26.6. The molecule has 1 aliphatic heterocycles. The first-order valence-corrected chi connectivity index (χ1v) is 15.9. The molecule has 3 aromatic rings. The van der Waals surface area contributed by atoms with Crippen LogP contribution in [0.15, 0.2) is 91.0 Å². The first kappa shape index (κ1) is 34.7. The summed E-state index contributed by atoms with van der Waals surface area (Å²) < 4.78 is 10.7. The van der Waals surface area contributed by atoms with E-state index in [-0.39, 0.29) is 25.5 Å². The molecule has 11 nitrogen and oxygen atoms in total. The molecule has 1 fully saturated rings. The standard InChI is InChI=1S/C36H42N4O7/c1-39(36(45)40-23-13-21-31(40)34(43)46-25-27-14-5-2-6-15-27)24-32(41)30(38-33(42)29-18-9-4-10-19-29)20-11-12-22-37-35(44)47-26-28-16-7-3-8-17-28/h2-10,14-19,30-31H,11-13,20-26H2,1H3,(H,37,44)(H,38,42)/t30?,31-/m0/s1. The third-order valence-electron chi connectivity index (χ3n) is 7.85. The molecule has 0 aromatic heterocycles. The second kappa shape index (κ2) is 18.1. The van der Waals surface area contributed by atoms with Crippen LogP contribution in [0.3, 0.4) is 0 Å². The molecule has 2 atom stereocenters. The fourth-order valence-corrected chi connectivity index (χ4v) is 5.28. The van der Waals surface area contributed by atoms with Crippen molar-refractivity contribution in [2.24, 2.45) is 0 Å². The number of hydrogen-bond donors (Lipinski definition) is 2. The minimum Gasteiger partial charge on any atom is -0.459 e. The number of Topliss-reactive ketones (excluding diaryl/α,β-unsaturated/α-hetero) is 1. The van der Waals surface area contributed by atoms with Gasteiger partial charge in [-0.05, 0) is 55.4 Å². The number of ketones is 1. The lowest BCUT2D eigenvalue weighted by Crippen LogP contribution is -2.51. The van der Waals surface area contributed by atoms with Gasteiger partial charge in [0.25, 0.3) is 5.91 Å². The summed E-state index contributed by atoms with van der Waals surface area (Å²) in [5, 5.41) is 5.52. The minimum absolute atomic E-state index is 0.111. The number of amides is 4. The zero-order chi connectivity index (χ0) is 33.4. The Kier molecular flexibility index (Phi) is 13.3. The largest absolute Gasteiger partial charge is 0.459 e. The van der Waals surface area contributed by atoms with Crippen LogP contribution in [-0.2, 0) is 32.3 Å². The van der Waals surface area contributed by atoms with Gasteiger partial charge in [0.2, 0.25) is 0 Å². The molecule has 1 aliphatic rings. The van der Waals surface area contributed by atoms with Crippen LogP contribution in [0.4, 0.5) is 9.59 Å². The lowest BCUT2D eigenvalue weighted by Gasteiger charge is -2.29. The summed E-state index contributed by atoms with van der Waals surface area (Å²) in [5.41, 5.74) is 2.14. The Balaban J connectivity index is 1.28. The Morgan fingerprint density at radius 3 is 2.06 bits per heavy atom. The molecule has 47 heavy (non-hydrogen) atoms. The van der Waals surface area contributed by atoms with Crippen LogP contribution in [0.25, 0.3) is 0 Å². The summed E-state index contributed by atoms with van der Waals surface area (Å²) in [7, 11) is 1.51. The topological polar surface area (TPSA) is 134 Å². The Bertz CT molecular complexity index is 1470. The third-order valence-corrected chi connectivity index (χ3v) is 7.85. The van der Waals surface area contributed by atoms with Crippen molar-refractivity contribution in [1.29, 1.82) is 0 Å². The van der Waals surface area contributed by atoms with Crippen LogP contribution in [-0.4, -0.2) is 78.3 Å². The third kappa shape index (κ3) is 11.0. The summed E-state index contributed by atoms with van der Waals surface area (Å²) in [6.07, 6.45) is 1.94. The van der Waals surface area contributed by atoms with Gasteiger partial charge in [-0.2, -0.15) is 0 Å². The van der Waals surface area contributed by atoms with Gasteiger partial charge in [0.15, 0.2) is 5.78 Å². The summed E-state index contributed by atoms with van der Waals surface area (Å²) in [6, 6.07) is 25.2. The van der Waals surface area contributed by atoms with Gasteiger partial charge < -0.3 is 29.9 Å². The predicted octanol–water partition coefficient (Wildman–Crippen LogP) is 4.71. The summed E-state index contributed by atoms with van der Waals surface area (Å²) in [4.78, 5) is 67.5. The van der Waals surface area contributed by atoms with Crippen molar-refractivity contribution >= 4 is 29.8 Å². The van der Waals surface area contributed by atoms with Crippen LogP contribution in [0.2, 0.25) is 0 Å². The Morgan fingerprint density at radius 1 is 0.830 bits per heavy atom. The first-order chi connectivity index (χ1) is 22.8. The molecular weight excluding hydrogens is 600 g/mol. The molecule has 0 radical (unpaired) electrons. The maximum Gasteiger partial charge on any atom is 0.407 e. The first-order valence-electron chi connectivity index (χ1n) is 15.9. The van der Waals surface area contributed by atoms with E-state index in [1.807, 2.05) is 60.7 Å². The molecule has 1 heterocycles. The number of hydrogen-bond acceptors (Lipinski definition) is 7. The number of urea groups is 1. The molecule has 3 aromatic carbocycles. The smallest absolute Gasteiger partial charge is 0.407 e. The number of likely N-dealkylation sites (tertiary alicyclic amines) is 1. The van der Waals surface area contributed by atoms with Gasteiger partial charge in [-0.25, -0.2) is 14.4 Å². The van der Waals surface area contributed by atoms with Gasteiger partial charge >= 0.3 is 18.1 Å². The molecule has 11 heteroatoms. The van der Waals surface area contributed by atoms with Gasteiger partial charge in [-0.3, -0.25) is 9.59 Å². The molecule has 1 unspecified atom stereocenters. The molecule has 4 rings (SSSR count). The van der Waals surface area contributed by atoms with Gasteiger partial charge in [0.05, 0.1) is 12.6 Å². The second-order valence-electron chi connectivity index (χ2n) is 11.4. The van der Waals surface area contributed by atoms with E-state index < -0.39 is 36.1 Å². The fraction of sp³-hybridized carbons (Fsp3) is 0.361. The number of benzene rings is 3.